The number of fused-ring (bicyclic) bond motifs is 2. The molecule has 2 N–H and O–H groups in total. The molecule has 0 bridgehead atoms. The van der Waals surface area contributed by atoms with Crippen molar-refractivity contribution in [3.05, 3.63) is 52.5 Å². The van der Waals surface area contributed by atoms with E-state index < -0.39 is 0 Å². The lowest BCUT2D eigenvalue weighted by Gasteiger charge is -2.04. The van der Waals surface area contributed by atoms with E-state index in [1.807, 2.05) is 0 Å². The number of aromatic nitrogens is 5. The highest BCUT2D eigenvalue weighted by Crippen LogP contribution is 2.23. The zero-order chi connectivity index (χ0) is 18.3. The SMILES string of the molecule is Cc1c(-c2ccc(F)cc2)[nH]c2nc3c(ncn3COCCO)c(=O)n12. The summed E-state index contributed by atoms with van der Waals surface area (Å²) in [6.07, 6.45) is 1.48. The number of H-pyrrole nitrogens is 1. The number of nitrogens with one attached hydrogen (secondary N) is 1. The zero-order valence-corrected chi connectivity index (χ0v) is 13.9. The second-order valence-corrected chi connectivity index (χ2v) is 5.82. The first-order chi connectivity index (χ1) is 12.6. The van der Waals surface area contributed by atoms with E-state index in [0.717, 1.165) is 5.56 Å². The van der Waals surface area contributed by atoms with E-state index in [-0.39, 0.29) is 36.8 Å². The van der Waals surface area contributed by atoms with Crippen molar-refractivity contribution in [3.63, 3.8) is 0 Å². The Bertz CT molecular complexity index is 1140. The summed E-state index contributed by atoms with van der Waals surface area (Å²) in [5.74, 6) is 0.0351. The molecule has 134 valence electrons. The Kier molecular flexibility index (Phi) is 4.02. The minimum Gasteiger partial charge on any atom is -0.394 e. The highest BCUT2D eigenvalue weighted by molar-refractivity contribution is 5.74. The number of benzene rings is 1. The molecule has 3 aromatic heterocycles. The third-order valence-corrected chi connectivity index (χ3v) is 4.17. The van der Waals surface area contributed by atoms with Crippen LogP contribution in [-0.2, 0) is 11.5 Å². The van der Waals surface area contributed by atoms with Gasteiger partial charge in [0.2, 0.25) is 5.78 Å². The van der Waals surface area contributed by atoms with Crippen LogP contribution in [0.2, 0.25) is 0 Å². The highest BCUT2D eigenvalue weighted by Gasteiger charge is 2.17. The van der Waals surface area contributed by atoms with Gasteiger partial charge in [-0.1, -0.05) is 0 Å². The molecule has 0 spiro atoms. The maximum absolute atomic E-state index is 13.2. The predicted molar refractivity (Wildman–Crippen MR) is 92.3 cm³/mol. The molecule has 0 radical (unpaired) electrons. The fourth-order valence-electron chi connectivity index (χ4n) is 2.92. The smallest absolute Gasteiger partial charge is 0.287 e. The average Bonchev–Trinajstić information content (AvgIpc) is 3.18. The second kappa shape index (κ2) is 6.36. The minimum absolute atomic E-state index is 0.0934. The van der Waals surface area contributed by atoms with Crippen molar-refractivity contribution in [2.45, 2.75) is 13.7 Å². The van der Waals surface area contributed by atoms with Crippen molar-refractivity contribution in [1.29, 1.82) is 0 Å². The summed E-state index contributed by atoms with van der Waals surface area (Å²) >= 11 is 0. The third kappa shape index (κ3) is 2.57. The van der Waals surface area contributed by atoms with Crippen LogP contribution < -0.4 is 5.56 Å². The maximum Gasteiger partial charge on any atom is 0.287 e. The van der Waals surface area contributed by atoms with Gasteiger partial charge in [0, 0.05) is 5.56 Å². The van der Waals surface area contributed by atoms with Crippen molar-refractivity contribution in [2.24, 2.45) is 0 Å². The van der Waals surface area contributed by atoms with Crippen LogP contribution >= 0.6 is 0 Å². The highest BCUT2D eigenvalue weighted by atomic mass is 19.1. The number of halogens is 1. The van der Waals surface area contributed by atoms with Crippen LogP contribution in [-0.4, -0.2) is 42.2 Å². The number of nitrogens with zero attached hydrogens (tertiary/aromatic N) is 4. The number of hydrogen-bond donors (Lipinski definition) is 2. The van der Waals surface area contributed by atoms with E-state index in [2.05, 4.69) is 15.0 Å². The Morgan fingerprint density at radius 2 is 2.08 bits per heavy atom. The van der Waals surface area contributed by atoms with Crippen LogP contribution in [0.1, 0.15) is 5.69 Å². The first kappa shape index (κ1) is 16.4. The molecule has 3 heterocycles. The molecule has 0 fully saturated rings. The zero-order valence-electron chi connectivity index (χ0n) is 13.9. The Labute approximate surface area is 146 Å². The first-order valence-electron chi connectivity index (χ1n) is 8.01. The van der Waals surface area contributed by atoms with Gasteiger partial charge < -0.3 is 14.8 Å². The third-order valence-electron chi connectivity index (χ3n) is 4.17. The van der Waals surface area contributed by atoms with Crippen LogP contribution in [0.5, 0.6) is 0 Å². The van der Waals surface area contributed by atoms with Gasteiger partial charge in [0.1, 0.15) is 12.5 Å². The lowest BCUT2D eigenvalue weighted by atomic mass is 10.1. The summed E-state index contributed by atoms with van der Waals surface area (Å²) < 4.78 is 21.5. The van der Waals surface area contributed by atoms with Gasteiger partial charge in [-0.3, -0.25) is 9.36 Å². The molecule has 4 aromatic rings. The van der Waals surface area contributed by atoms with Gasteiger partial charge in [0.05, 0.1) is 30.9 Å². The lowest BCUT2D eigenvalue weighted by Crippen LogP contribution is -2.16. The van der Waals surface area contributed by atoms with Gasteiger partial charge in [-0.15, -0.1) is 0 Å². The van der Waals surface area contributed by atoms with Crippen molar-refractivity contribution in [2.75, 3.05) is 13.2 Å². The topological polar surface area (TPSA) is 97.4 Å². The summed E-state index contributed by atoms with van der Waals surface area (Å²) in [7, 11) is 0. The van der Waals surface area contributed by atoms with Crippen LogP contribution in [0.15, 0.2) is 35.4 Å². The Hall–Kier alpha value is -3.04. The van der Waals surface area contributed by atoms with E-state index >= 15 is 0 Å². The van der Waals surface area contributed by atoms with Crippen molar-refractivity contribution in [3.8, 4) is 11.3 Å². The molecule has 0 aliphatic heterocycles. The summed E-state index contributed by atoms with van der Waals surface area (Å²) in [6.45, 7) is 2.00. The van der Waals surface area contributed by atoms with Gasteiger partial charge in [-0.05, 0) is 31.2 Å². The van der Waals surface area contributed by atoms with Crippen LogP contribution in [0.4, 0.5) is 4.39 Å². The summed E-state index contributed by atoms with van der Waals surface area (Å²) in [6, 6.07) is 6.00. The van der Waals surface area contributed by atoms with Crippen molar-refractivity contribution >= 4 is 16.9 Å². The quantitative estimate of drug-likeness (QED) is 0.527. The largest absolute Gasteiger partial charge is 0.394 e. The van der Waals surface area contributed by atoms with E-state index in [1.54, 1.807) is 23.6 Å². The average molecular weight is 357 g/mol. The molecule has 0 atom stereocenters. The fraction of sp³-hybridized carbons (Fsp3) is 0.235. The monoisotopic (exact) mass is 357 g/mol. The van der Waals surface area contributed by atoms with Crippen molar-refractivity contribution in [1.82, 2.24) is 23.9 Å². The number of aliphatic hydroxyl groups is 1. The standard InChI is InChI=1S/C17H16FN5O3/c1-10-13(11-2-4-12(18)5-3-11)20-17-21-15-14(16(25)23(10)17)19-8-22(15)9-26-7-6-24/h2-5,8,24H,6-7,9H2,1H3,(H,20,21). The molecule has 0 saturated heterocycles. The number of hydrogen-bond acceptors (Lipinski definition) is 5. The second-order valence-electron chi connectivity index (χ2n) is 5.82. The molecule has 0 aliphatic rings. The van der Waals surface area contributed by atoms with Gasteiger partial charge >= 0.3 is 0 Å². The molecular formula is C17H16FN5O3. The molecule has 8 nitrogen and oxygen atoms in total. The summed E-state index contributed by atoms with van der Waals surface area (Å²) in [4.78, 5) is 24.6. The molecule has 0 amide bonds. The van der Waals surface area contributed by atoms with E-state index in [4.69, 9.17) is 9.84 Å². The maximum atomic E-state index is 13.2. The molecule has 26 heavy (non-hydrogen) atoms. The van der Waals surface area contributed by atoms with Gasteiger partial charge in [0.15, 0.2) is 11.2 Å². The Balaban J connectivity index is 1.88. The Morgan fingerprint density at radius 3 is 2.81 bits per heavy atom. The molecule has 9 heteroatoms. The van der Waals surface area contributed by atoms with Crippen LogP contribution in [0.3, 0.4) is 0 Å². The molecule has 0 aliphatic carbocycles. The molecule has 1 aromatic carbocycles. The number of aliphatic hydroxyl groups excluding tert-OH is 1. The number of aryl methyl sites for hydroxylation is 1. The molecule has 0 unspecified atom stereocenters. The lowest BCUT2D eigenvalue weighted by molar-refractivity contribution is 0.0499. The predicted octanol–water partition coefficient (Wildman–Crippen LogP) is 1.45. The molecular weight excluding hydrogens is 341 g/mol. The minimum atomic E-state index is -0.329. The summed E-state index contributed by atoms with van der Waals surface area (Å²) in [5, 5.41) is 8.80. The van der Waals surface area contributed by atoms with E-state index in [1.165, 1.54) is 22.9 Å². The van der Waals surface area contributed by atoms with E-state index in [9.17, 15) is 9.18 Å². The van der Waals surface area contributed by atoms with Gasteiger partial charge in [-0.25, -0.2) is 13.8 Å². The molecule has 0 saturated carbocycles. The first-order valence-corrected chi connectivity index (χ1v) is 8.01. The summed E-state index contributed by atoms with van der Waals surface area (Å²) in [5.41, 5.74) is 2.42. The van der Waals surface area contributed by atoms with Crippen LogP contribution in [0, 0.1) is 12.7 Å². The Morgan fingerprint density at radius 1 is 1.31 bits per heavy atom. The fourth-order valence-corrected chi connectivity index (χ4v) is 2.92. The van der Waals surface area contributed by atoms with Crippen LogP contribution in [0.25, 0.3) is 28.2 Å². The van der Waals surface area contributed by atoms with Gasteiger partial charge in [0.25, 0.3) is 5.56 Å². The van der Waals surface area contributed by atoms with Crippen molar-refractivity contribution < 1.29 is 14.2 Å². The number of ether oxygens (including phenoxy) is 1. The number of aromatic amines is 1. The normalized spacial score (nSPS) is 11.7. The molecule has 4 rings (SSSR count). The van der Waals surface area contributed by atoms with E-state index in [0.29, 0.717) is 22.8 Å². The number of imidazole rings is 2. The number of rotatable bonds is 5. The van der Waals surface area contributed by atoms with Gasteiger partial charge in [-0.2, -0.15) is 4.98 Å².